The zero-order valence-corrected chi connectivity index (χ0v) is 13.4. The Bertz CT molecular complexity index is 578. The maximum absolute atomic E-state index is 5.97. The number of benzene rings is 2. The topological polar surface area (TPSA) is 18.5 Å². The summed E-state index contributed by atoms with van der Waals surface area (Å²) in [6, 6.07) is 17.3. The molecule has 2 heteroatoms. The molecule has 1 fully saturated rings. The fraction of sp³-hybridized carbons (Fsp3) is 0.400. The quantitative estimate of drug-likeness (QED) is 0.797. The highest BCUT2D eigenvalue weighted by molar-refractivity contribution is 5.64. The van der Waals surface area contributed by atoms with Gasteiger partial charge in [0.2, 0.25) is 0 Å². The Balaban J connectivity index is 1.66. The van der Waals surface area contributed by atoms with E-state index in [0.29, 0.717) is 13.2 Å². The van der Waals surface area contributed by atoms with Crippen molar-refractivity contribution in [3.05, 3.63) is 59.7 Å². The third-order valence-electron chi connectivity index (χ3n) is 4.24. The van der Waals surface area contributed by atoms with E-state index in [1.165, 1.54) is 22.3 Å². The fourth-order valence-electron chi connectivity index (χ4n) is 2.86. The summed E-state index contributed by atoms with van der Waals surface area (Å²) in [7, 11) is 0. The molecule has 1 aliphatic heterocycles. The van der Waals surface area contributed by atoms with Crippen molar-refractivity contribution in [1.82, 2.24) is 0 Å². The van der Waals surface area contributed by atoms with Gasteiger partial charge in [0.1, 0.15) is 6.10 Å². The minimum Gasteiger partial charge on any atom is -0.373 e. The molecule has 0 bridgehead atoms. The SMILES string of the molecule is CCCC1COC(c2ccc(-c3ccc(C)cc3)cc2)CO1. The van der Waals surface area contributed by atoms with E-state index in [1.807, 2.05) is 0 Å². The van der Waals surface area contributed by atoms with Crippen LogP contribution in [-0.4, -0.2) is 19.3 Å². The van der Waals surface area contributed by atoms with Crippen LogP contribution in [0.2, 0.25) is 0 Å². The summed E-state index contributed by atoms with van der Waals surface area (Å²) in [5.74, 6) is 0. The third kappa shape index (κ3) is 3.57. The highest BCUT2D eigenvalue weighted by atomic mass is 16.6. The summed E-state index contributed by atoms with van der Waals surface area (Å²) in [5, 5.41) is 0. The van der Waals surface area contributed by atoms with Gasteiger partial charge in [0, 0.05) is 0 Å². The number of aryl methyl sites for hydroxylation is 1. The first-order valence-electron chi connectivity index (χ1n) is 8.16. The summed E-state index contributed by atoms with van der Waals surface area (Å²) < 4.78 is 11.9. The van der Waals surface area contributed by atoms with E-state index >= 15 is 0 Å². The molecule has 1 heterocycles. The Morgan fingerprint density at radius 2 is 1.50 bits per heavy atom. The molecule has 3 rings (SSSR count). The lowest BCUT2D eigenvalue weighted by molar-refractivity contribution is -0.137. The lowest BCUT2D eigenvalue weighted by Gasteiger charge is -2.29. The first-order valence-corrected chi connectivity index (χ1v) is 8.16. The molecule has 0 N–H and O–H groups in total. The Labute approximate surface area is 133 Å². The molecule has 116 valence electrons. The van der Waals surface area contributed by atoms with Gasteiger partial charge in [-0.25, -0.2) is 0 Å². The average molecular weight is 296 g/mol. The van der Waals surface area contributed by atoms with Gasteiger partial charge in [0.25, 0.3) is 0 Å². The smallest absolute Gasteiger partial charge is 0.106 e. The maximum Gasteiger partial charge on any atom is 0.106 e. The van der Waals surface area contributed by atoms with E-state index in [-0.39, 0.29) is 12.2 Å². The van der Waals surface area contributed by atoms with Crippen molar-refractivity contribution in [2.24, 2.45) is 0 Å². The van der Waals surface area contributed by atoms with Crippen LogP contribution in [0.25, 0.3) is 11.1 Å². The molecule has 2 unspecified atom stereocenters. The van der Waals surface area contributed by atoms with Gasteiger partial charge in [0.05, 0.1) is 19.3 Å². The molecule has 2 aromatic rings. The van der Waals surface area contributed by atoms with E-state index in [1.54, 1.807) is 0 Å². The lowest BCUT2D eigenvalue weighted by Crippen LogP contribution is -2.30. The van der Waals surface area contributed by atoms with Crippen molar-refractivity contribution in [1.29, 1.82) is 0 Å². The largest absolute Gasteiger partial charge is 0.373 e. The van der Waals surface area contributed by atoms with E-state index in [9.17, 15) is 0 Å². The van der Waals surface area contributed by atoms with Gasteiger partial charge < -0.3 is 9.47 Å². The molecule has 1 saturated heterocycles. The molecule has 0 spiro atoms. The van der Waals surface area contributed by atoms with E-state index < -0.39 is 0 Å². The average Bonchev–Trinajstić information content (AvgIpc) is 2.57. The van der Waals surface area contributed by atoms with Crippen LogP contribution in [0.3, 0.4) is 0 Å². The zero-order valence-electron chi connectivity index (χ0n) is 13.4. The molecule has 0 amide bonds. The van der Waals surface area contributed by atoms with Crippen LogP contribution in [0.15, 0.2) is 48.5 Å². The standard InChI is InChI=1S/C20H24O2/c1-3-4-19-13-22-20(14-21-19)18-11-9-17(10-12-18)16-7-5-15(2)6-8-16/h5-12,19-20H,3-4,13-14H2,1-2H3. The van der Waals surface area contributed by atoms with Crippen molar-refractivity contribution < 1.29 is 9.47 Å². The fourth-order valence-corrected chi connectivity index (χ4v) is 2.86. The van der Waals surface area contributed by atoms with Crippen molar-refractivity contribution in [2.75, 3.05) is 13.2 Å². The highest BCUT2D eigenvalue weighted by Gasteiger charge is 2.22. The second-order valence-electron chi connectivity index (χ2n) is 6.05. The molecule has 1 aliphatic rings. The van der Waals surface area contributed by atoms with Gasteiger partial charge in [-0.15, -0.1) is 0 Å². The molecular weight excluding hydrogens is 272 g/mol. The van der Waals surface area contributed by atoms with Crippen molar-refractivity contribution >= 4 is 0 Å². The molecular formula is C20H24O2. The Morgan fingerprint density at radius 1 is 0.864 bits per heavy atom. The lowest BCUT2D eigenvalue weighted by atomic mass is 10.0. The van der Waals surface area contributed by atoms with Crippen LogP contribution in [0, 0.1) is 6.92 Å². The van der Waals surface area contributed by atoms with Gasteiger partial charge in [0.15, 0.2) is 0 Å². The first-order chi connectivity index (χ1) is 10.8. The Hall–Kier alpha value is -1.64. The molecule has 0 aliphatic carbocycles. The van der Waals surface area contributed by atoms with E-state index in [4.69, 9.17) is 9.47 Å². The number of rotatable bonds is 4. The van der Waals surface area contributed by atoms with Crippen molar-refractivity contribution in [3.8, 4) is 11.1 Å². The van der Waals surface area contributed by atoms with Gasteiger partial charge >= 0.3 is 0 Å². The first kappa shape index (κ1) is 15.3. The third-order valence-corrected chi connectivity index (χ3v) is 4.24. The van der Waals surface area contributed by atoms with E-state index in [2.05, 4.69) is 62.4 Å². The maximum atomic E-state index is 5.97. The predicted molar refractivity (Wildman–Crippen MR) is 90.0 cm³/mol. The van der Waals surface area contributed by atoms with Gasteiger partial charge in [-0.1, -0.05) is 67.4 Å². The Kier molecular flexibility index (Phi) is 4.91. The monoisotopic (exact) mass is 296 g/mol. The normalized spacial score (nSPS) is 21.7. The molecule has 2 atom stereocenters. The number of hydrogen-bond donors (Lipinski definition) is 0. The number of ether oxygens (including phenoxy) is 2. The van der Waals surface area contributed by atoms with Gasteiger partial charge in [-0.3, -0.25) is 0 Å². The van der Waals surface area contributed by atoms with Crippen LogP contribution in [-0.2, 0) is 9.47 Å². The van der Waals surface area contributed by atoms with Crippen LogP contribution >= 0.6 is 0 Å². The molecule has 0 aromatic heterocycles. The zero-order chi connectivity index (χ0) is 15.4. The minimum atomic E-state index is 0.0696. The summed E-state index contributed by atoms with van der Waals surface area (Å²) in [6.07, 6.45) is 2.57. The summed E-state index contributed by atoms with van der Waals surface area (Å²) in [4.78, 5) is 0. The van der Waals surface area contributed by atoms with Crippen LogP contribution in [0.4, 0.5) is 0 Å². The predicted octanol–water partition coefficient (Wildman–Crippen LogP) is 4.92. The summed E-state index contributed by atoms with van der Waals surface area (Å²) in [6.45, 7) is 5.66. The second kappa shape index (κ2) is 7.08. The summed E-state index contributed by atoms with van der Waals surface area (Å²) in [5.41, 5.74) is 4.98. The number of hydrogen-bond acceptors (Lipinski definition) is 2. The van der Waals surface area contributed by atoms with Crippen molar-refractivity contribution in [3.63, 3.8) is 0 Å². The minimum absolute atomic E-state index is 0.0696. The Morgan fingerprint density at radius 3 is 2.05 bits per heavy atom. The molecule has 2 nitrogen and oxygen atoms in total. The highest BCUT2D eigenvalue weighted by Crippen LogP contribution is 2.27. The van der Waals surface area contributed by atoms with Crippen LogP contribution < -0.4 is 0 Å². The second-order valence-corrected chi connectivity index (χ2v) is 6.05. The van der Waals surface area contributed by atoms with Crippen molar-refractivity contribution in [2.45, 2.75) is 38.9 Å². The molecule has 0 saturated carbocycles. The van der Waals surface area contributed by atoms with Gasteiger partial charge in [-0.2, -0.15) is 0 Å². The summed E-state index contributed by atoms with van der Waals surface area (Å²) >= 11 is 0. The van der Waals surface area contributed by atoms with E-state index in [0.717, 1.165) is 12.8 Å². The van der Waals surface area contributed by atoms with Gasteiger partial charge in [-0.05, 0) is 30.0 Å². The molecule has 22 heavy (non-hydrogen) atoms. The molecule has 0 radical (unpaired) electrons. The van der Waals surface area contributed by atoms with Crippen LogP contribution in [0.1, 0.15) is 37.0 Å². The molecule has 2 aromatic carbocycles. The van der Waals surface area contributed by atoms with Crippen LogP contribution in [0.5, 0.6) is 0 Å².